The first-order chi connectivity index (χ1) is 13.5. The molecular weight excluding hydrogens is 379 g/mol. The van der Waals surface area contributed by atoms with Gasteiger partial charge >= 0.3 is 29.6 Å². The van der Waals surface area contributed by atoms with Crippen LogP contribution in [0.1, 0.15) is 61.4 Å². The summed E-state index contributed by atoms with van der Waals surface area (Å²) in [6.45, 7) is 2.14. The Kier molecular flexibility index (Phi) is 9.44. The zero-order valence-electron chi connectivity index (χ0n) is 17.3. The van der Waals surface area contributed by atoms with E-state index in [1.54, 1.807) is 12.1 Å². The van der Waals surface area contributed by atoms with Gasteiger partial charge in [0.15, 0.2) is 0 Å². The van der Waals surface area contributed by atoms with E-state index in [0.29, 0.717) is 12.8 Å². The molecule has 1 aliphatic carbocycles. The van der Waals surface area contributed by atoms with Crippen LogP contribution in [0.15, 0.2) is 42.2 Å². The number of aliphatic hydroxyl groups is 2. The largest absolute Gasteiger partial charge is 1.00 e. The third-order valence-corrected chi connectivity index (χ3v) is 5.74. The van der Waals surface area contributed by atoms with E-state index in [1.165, 1.54) is 6.07 Å². The van der Waals surface area contributed by atoms with Crippen molar-refractivity contribution in [3.8, 4) is 0 Å². The van der Waals surface area contributed by atoms with Crippen LogP contribution >= 0.6 is 0 Å². The van der Waals surface area contributed by atoms with Crippen LogP contribution in [0.3, 0.4) is 0 Å². The number of carbonyl (C=O) groups excluding carboxylic acids is 1. The minimum atomic E-state index is -1.20. The molecule has 1 aromatic rings. The van der Waals surface area contributed by atoms with E-state index >= 15 is 0 Å². The molecule has 152 valence electrons. The molecule has 6 heteroatoms. The number of aliphatic hydroxyl groups excluding tert-OH is 2. The monoisotopic (exact) mass is 408 g/mol. The molecule has 2 fully saturated rings. The fourth-order valence-corrected chi connectivity index (χ4v) is 4.24. The van der Waals surface area contributed by atoms with Gasteiger partial charge in [-0.3, -0.25) is 0 Å². The van der Waals surface area contributed by atoms with Crippen LogP contribution in [-0.2, 0) is 4.74 Å². The van der Waals surface area contributed by atoms with Gasteiger partial charge in [-0.15, -0.1) is 0 Å². The van der Waals surface area contributed by atoms with E-state index in [-0.39, 0.29) is 53.1 Å². The minimum Gasteiger partial charge on any atom is -0.545 e. The summed E-state index contributed by atoms with van der Waals surface area (Å²) in [7, 11) is 0. The third kappa shape index (κ3) is 6.43. The minimum absolute atomic E-state index is 0. The van der Waals surface area contributed by atoms with E-state index in [1.807, 2.05) is 24.3 Å². The molecule has 1 aromatic carbocycles. The van der Waals surface area contributed by atoms with Crippen LogP contribution in [-0.4, -0.2) is 34.5 Å². The van der Waals surface area contributed by atoms with Gasteiger partial charge in [0.1, 0.15) is 6.10 Å². The predicted octanol–water partition coefficient (Wildman–Crippen LogP) is -0.322. The Hall–Kier alpha value is -1.11. The zero-order chi connectivity index (χ0) is 20.1. The molecular formula is C23H29NaO5. The molecule has 1 aliphatic heterocycles. The number of carboxylic acids is 1. The van der Waals surface area contributed by atoms with Crippen molar-refractivity contribution >= 4 is 12.0 Å². The molecule has 1 saturated heterocycles. The second-order valence-corrected chi connectivity index (χ2v) is 7.88. The van der Waals surface area contributed by atoms with Crippen molar-refractivity contribution in [3.63, 3.8) is 0 Å². The maximum Gasteiger partial charge on any atom is 1.00 e. The van der Waals surface area contributed by atoms with Gasteiger partial charge in [0.05, 0.1) is 23.9 Å². The summed E-state index contributed by atoms with van der Waals surface area (Å²) in [6.07, 6.45) is 9.91. The van der Waals surface area contributed by atoms with Gasteiger partial charge in [0.2, 0.25) is 0 Å². The Balaban J connectivity index is 0.00000300. The molecule has 2 aliphatic rings. The standard InChI is InChI=1S/C23H30O5.Na/c1-2-3-4-8-17(24)9-10-19-20-13-18(28-22(20)14-21(19)25)12-15-6-5-7-16(11-15)23(26)27;/h5-7,9-12,17,19-22,24-25H,2-4,8,13-14H2,1H3,(H,26,27);/q;+1/p-1/b10-9+,18-12-;/t17?,19-,20?,21-,22?;/m0./s1. The number of ether oxygens (including phenoxy) is 1. The number of hydrogen-bond acceptors (Lipinski definition) is 5. The van der Waals surface area contributed by atoms with Crippen molar-refractivity contribution in [2.24, 2.45) is 11.8 Å². The normalized spacial score (nSPS) is 28.2. The molecule has 29 heavy (non-hydrogen) atoms. The van der Waals surface area contributed by atoms with Crippen LogP contribution in [0.4, 0.5) is 0 Å². The molecule has 5 atom stereocenters. The molecule has 1 heterocycles. The topological polar surface area (TPSA) is 89.8 Å². The van der Waals surface area contributed by atoms with Crippen molar-refractivity contribution in [1.82, 2.24) is 0 Å². The Morgan fingerprint density at radius 2 is 2.17 bits per heavy atom. The number of allylic oxidation sites excluding steroid dienone is 1. The van der Waals surface area contributed by atoms with E-state index in [4.69, 9.17) is 4.74 Å². The quantitative estimate of drug-likeness (QED) is 0.350. The van der Waals surface area contributed by atoms with Gasteiger partial charge in [-0.1, -0.05) is 56.5 Å². The summed E-state index contributed by atoms with van der Waals surface area (Å²) in [6, 6.07) is 6.58. The summed E-state index contributed by atoms with van der Waals surface area (Å²) >= 11 is 0. The molecule has 0 aromatic heterocycles. The number of carbonyl (C=O) groups is 1. The second kappa shape index (κ2) is 11.3. The molecule has 3 rings (SSSR count). The van der Waals surface area contributed by atoms with Crippen LogP contribution in [0, 0.1) is 11.8 Å². The van der Waals surface area contributed by atoms with Gasteiger partial charge in [0.25, 0.3) is 0 Å². The second-order valence-electron chi connectivity index (χ2n) is 7.88. The van der Waals surface area contributed by atoms with E-state index in [9.17, 15) is 20.1 Å². The SMILES string of the molecule is CCCCCC(O)/C=C/[C@H]1C2C/C(=C/c3cccc(C(=O)[O-])c3)OC2C[C@@H]1O.[Na+]. The van der Waals surface area contributed by atoms with Gasteiger partial charge < -0.3 is 24.9 Å². The summed E-state index contributed by atoms with van der Waals surface area (Å²) in [4.78, 5) is 11.0. The summed E-state index contributed by atoms with van der Waals surface area (Å²) in [5.74, 6) is -0.259. The van der Waals surface area contributed by atoms with E-state index in [2.05, 4.69) is 6.92 Å². The first-order valence-corrected chi connectivity index (χ1v) is 10.2. The smallest absolute Gasteiger partial charge is 0.545 e. The summed E-state index contributed by atoms with van der Waals surface area (Å²) in [5.41, 5.74) is 0.900. The maximum atomic E-state index is 11.0. The van der Waals surface area contributed by atoms with Crippen LogP contribution in [0.25, 0.3) is 6.08 Å². The molecule has 5 nitrogen and oxygen atoms in total. The maximum absolute atomic E-state index is 11.0. The van der Waals surface area contributed by atoms with Gasteiger partial charge in [-0.2, -0.15) is 0 Å². The zero-order valence-corrected chi connectivity index (χ0v) is 19.3. The average Bonchev–Trinajstić information content (AvgIpc) is 3.16. The van der Waals surface area contributed by atoms with Crippen LogP contribution < -0.4 is 34.7 Å². The van der Waals surface area contributed by atoms with Gasteiger partial charge in [0, 0.05) is 24.7 Å². The number of carboxylic acid groups (broad SMARTS) is 1. The first-order valence-electron chi connectivity index (χ1n) is 10.2. The van der Waals surface area contributed by atoms with Crippen molar-refractivity contribution in [3.05, 3.63) is 53.3 Å². The Labute approximate surface area is 194 Å². The van der Waals surface area contributed by atoms with Crippen LogP contribution in [0.5, 0.6) is 0 Å². The number of hydrogen-bond donors (Lipinski definition) is 2. The number of aromatic carboxylic acids is 1. The Morgan fingerprint density at radius 3 is 2.90 bits per heavy atom. The molecule has 0 spiro atoms. The fraction of sp³-hybridized carbons (Fsp3) is 0.522. The van der Waals surface area contributed by atoms with Gasteiger partial charge in [-0.25, -0.2) is 0 Å². The van der Waals surface area contributed by atoms with Crippen LogP contribution in [0.2, 0.25) is 0 Å². The predicted molar refractivity (Wildman–Crippen MR) is 105 cm³/mol. The Morgan fingerprint density at radius 1 is 1.38 bits per heavy atom. The number of fused-ring (bicyclic) bond motifs is 1. The van der Waals surface area contributed by atoms with Crippen molar-refractivity contribution in [2.75, 3.05) is 0 Å². The number of benzene rings is 1. The molecule has 2 N–H and O–H groups in total. The molecule has 0 amide bonds. The Bertz CT molecular complexity index is 745. The fourth-order valence-electron chi connectivity index (χ4n) is 4.24. The average molecular weight is 408 g/mol. The van der Waals surface area contributed by atoms with E-state index in [0.717, 1.165) is 37.0 Å². The molecule has 3 unspecified atom stereocenters. The van der Waals surface area contributed by atoms with Crippen molar-refractivity contribution in [1.29, 1.82) is 0 Å². The molecule has 1 saturated carbocycles. The third-order valence-electron chi connectivity index (χ3n) is 5.74. The van der Waals surface area contributed by atoms with Crippen molar-refractivity contribution < 1.29 is 54.4 Å². The summed E-state index contributed by atoms with van der Waals surface area (Å²) in [5, 5.41) is 31.5. The number of unbranched alkanes of at least 4 members (excludes halogenated alkanes) is 2. The number of rotatable bonds is 8. The van der Waals surface area contributed by atoms with E-state index < -0.39 is 18.2 Å². The molecule has 0 radical (unpaired) electrons. The van der Waals surface area contributed by atoms with Gasteiger partial charge in [-0.05, 0) is 29.7 Å². The first kappa shape index (κ1) is 24.2. The molecule has 0 bridgehead atoms. The van der Waals surface area contributed by atoms with Crippen molar-refractivity contribution in [2.45, 2.75) is 63.8 Å². The summed E-state index contributed by atoms with van der Waals surface area (Å²) < 4.78 is 6.02.